The molecule has 1 amide bonds. The summed E-state index contributed by atoms with van der Waals surface area (Å²) in [5, 5.41) is 5.22. The van der Waals surface area contributed by atoms with Gasteiger partial charge in [0.2, 0.25) is 5.91 Å². The molecule has 0 saturated carbocycles. The minimum absolute atomic E-state index is 0.00149. The van der Waals surface area contributed by atoms with Gasteiger partial charge in [-0.15, -0.1) is 0 Å². The number of carbonyl (C=O) groups is 1. The summed E-state index contributed by atoms with van der Waals surface area (Å²) >= 11 is 6.04. The molecule has 140 valence electrons. The monoisotopic (exact) mass is 385 g/mol. The molecule has 27 heavy (non-hydrogen) atoms. The summed E-state index contributed by atoms with van der Waals surface area (Å²) in [5.74, 6) is 0.597. The lowest BCUT2D eigenvalue weighted by molar-refractivity contribution is -0.133. The number of fused-ring (bicyclic) bond motifs is 1. The zero-order chi connectivity index (χ0) is 19.0. The molecule has 0 bridgehead atoms. The summed E-state index contributed by atoms with van der Waals surface area (Å²) in [6, 6.07) is 7.17. The molecule has 0 N–H and O–H groups in total. The van der Waals surface area contributed by atoms with Crippen LogP contribution < -0.4 is 5.56 Å². The average Bonchev–Trinajstić information content (AvgIpc) is 3.09. The molecular weight excluding hydrogens is 366 g/mol. The molecule has 1 aliphatic heterocycles. The summed E-state index contributed by atoms with van der Waals surface area (Å²) < 4.78 is 2.92. The van der Waals surface area contributed by atoms with Crippen LogP contribution in [0.2, 0.25) is 5.02 Å². The number of halogens is 1. The first kappa shape index (κ1) is 17.7. The molecule has 0 radical (unpaired) electrons. The van der Waals surface area contributed by atoms with E-state index in [0.717, 1.165) is 31.6 Å². The number of rotatable bonds is 3. The van der Waals surface area contributed by atoms with Crippen LogP contribution in [-0.4, -0.2) is 43.2 Å². The highest BCUT2D eigenvalue weighted by Gasteiger charge is 2.21. The van der Waals surface area contributed by atoms with Gasteiger partial charge >= 0.3 is 0 Å². The Balaban J connectivity index is 1.62. The summed E-state index contributed by atoms with van der Waals surface area (Å²) in [6.07, 6.45) is 4.90. The number of amides is 1. The van der Waals surface area contributed by atoms with Crippen molar-refractivity contribution in [3.8, 4) is 5.69 Å². The van der Waals surface area contributed by atoms with Crippen molar-refractivity contribution in [2.75, 3.05) is 13.1 Å². The van der Waals surface area contributed by atoms with Gasteiger partial charge < -0.3 is 4.90 Å². The standard InChI is InChI=1S/C19H20ClN5O2/c1-13-5-7-23(8-6-13)17(26)11-24-12-21-18-16(19(24)27)10-22-25(18)15-4-2-3-14(20)9-15/h2-4,9-10,12-13H,5-8,11H2,1H3. The van der Waals surface area contributed by atoms with E-state index in [-0.39, 0.29) is 18.0 Å². The number of benzene rings is 1. The van der Waals surface area contributed by atoms with Crippen LogP contribution in [-0.2, 0) is 11.3 Å². The van der Waals surface area contributed by atoms with Gasteiger partial charge in [-0.25, -0.2) is 9.67 Å². The van der Waals surface area contributed by atoms with Crippen molar-refractivity contribution in [3.63, 3.8) is 0 Å². The van der Waals surface area contributed by atoms with Crippen LogP contribution in [0.5, 0.6) is 0 Å². The highest BCUT2D eigenvalue weighted by Crippen LogP contribution is 2.18. The van der Waals surface area contributed by atoms with Crippen molar-refractivity contribution < 1.29 is 4.79 Å². The van der Waals surface area contributed by atoms with Crippen LogP contribution in [0, 0.1) is 5.92 Å². The van der Waals surface area contributed by atoms with Gasteiger partial charge in [-0.2, -0.15) is 5.10 Å². The van der Waals surface area contributed by atoms with E-state index in [1.807, 2.05) is 17.0 Å². The first-order valence-corrected chi connectivity index (χ1v) is 9.37. The van der Waals surface area contributed by atoms with Gasteiger partial charge in [-0.3, -0.25) is 14.2 Å². The second-order valence-corrected chi connectivity index (χ2v) is 7.45. The smallest absolute Gasteiger partial charge is 0.264 e. The van der Waals surface area contributed by atoms with E-state index < -0.39 is 0 Å². The molecule has 1 fully saturated rings. The SMILES string of the molecule is CC1CCN(C(=O)Cn2cnc3c(cnn3-c3cccc(Cl)c3)c2=O)CC1. The number of piperidine rings is 1. The highest BCUT2D eigenvalue weighted by molar-refractivity contribution is 6.30. The molecule has 2 aromatic heterocycles. The Morgan fingerprint density at radius 2 is 2.07 bits per heavy atom. The fraction of sp³-hybridized carbons (Fsp3) is 0.368. The van der Waals surface area contributed by atoms with Crippen LogP contribution in [0.1, 0.15) is 19.8 Å². The van der Waals surface area contributed by atoms with Gasteiger partial charge in [-0.1, -0.05) is 24.6 Å². The lowest BCUT2D eigenvalue weighted by Gasteiger charge is -2.30. The molecule has 7 nitrogen and oxygen atoms in total. The molecule has 0 atom stereocenters. The van der Waals surface area contributed by atoms with Crippen LogP contribution >= 0.6 is 11.6 Å². The van der Waals surface area contributed by atoms with E-state index in [4.69, 9.17) is 11.6 Å². The number of aromatic nitrogens is 4. The molecule has 1 saturated heterocycles. The van der Waals surface area contributed by atoms with Crippen LogP contribution in [0.15, 0.2) is 41.6 Å². The Labute approximate surface area is 161 Å². The van der Waals surface area contributed by atoms with Crippen molar-refractivity contribution in [1.29, 1.82) is 0 Å². The Bertz CT molecular complexity index is 1050. The Hall–Kier alpha value is -2.67. The molecule has 3 heterocycles. The maximum absolute atomic E-state index is 12.8. The largest absolute Gasteiger partial charge is 0.341 e. The Morgan fingerprint density at radius 1 is 1.30 bits per heavy atom. The Kier molecular flexibility index (Phi) is 4.70. The zero-order valence-electron chi connectivity index (χ0n) is 15.0. The number of likely N-dealkylation sites (tertiary alicyclic amines) is 1. The van der Waals surface area contributed by atoms with Gasteiger partial charge in [0.15, 0.2) is 5.65 Å². The van der Waals surface area contributed by atoms with E-state index in [1.165, 1.54) is 17.1 Å². The lowest BCUT2D eigenvalue weighted by atomic mass is 9.99. The maximum atomic E-state index is 12.8. The van der Waals surface area contributed by atoms with Gasteiger partial charge in [0.05, 0.1) is 11.9 Å². The molecule has 1 aliphatic rings. The van der Waals surface area contributed by atoms with Crippen molar-refractivity contribution >= 4 is 28.5 Å². The third-order valence-electron chi connectivity index (χ3n) is 5.05. The molecule has 8 heteroatoms. The van der Waals surface area contributed by atoms with Gasteiger partial charge in [0, 0.05) is 18.1 Å². The highest BCUT2D eigenvalue weighted by atomic mass is 35.5. The first-order valence-electron chi connectivity index (χ1n) is 9.00. The third-order valence-corrected chi connectivity index (χ3v) is 5.28. The van der Waals surface area contributed by atoms with Crippen molar-refractivity contribution in [1.82, 2.24) is 24.2 Å². The number of hydrogen-bond acceptors (Lipinski definition) is 4. The molecule has 0 spiro atoms. The third kappa shape index (κ3) is 3.47. The van der Waals surface area contributed by atoms with Crippen LogP contribution in [0.25, 0.3) is 16.7 Å². The topological polar surface area (TPSA) is 73.0 Å². The van der Waals surface area contributed by atoms with E-state index in [0.29, 0.717) is 22.0 Å². The zero-order valence-corrected chi connectivity index (χ0v) is 15.8. The molecular formula is C19H20ClN5O2. The van der Waals surface area contributed by atoms with Crippen LogP contribution in [0.4, 0.5) is 0 Å². The van der Waals surface area contributed by atoms with Gasteiger partial charge in [0.1, 0.15) is 18.3 Å². The van der Waals surface area contributed by atoms with Crippen molar-refractivity contribution in [3.05, 3.63) is 52.2 Å². The van der Waals surface area contributed by atoms with E-state index in [2.05, 4.69) is 17.0 Å². The minimum atomic E-state index is -0.271. The Morgan fingerprint density at radius 3 is 2.81 bits per heavy atom. The minimum Gasteiger partial charge on any atom is -0.341 e. The van der Waals surface area contributed by atoms with Gasteiger partial charge in [-0.05, 0) is 37.0 Å². The molecule has 4 rings (SSSR count). The number of nitrogens with zero attached hydrogens (tertiary/aromatic N) is 5. The molecule has 1 aromatic carbocycles. The molecule has 3 aromatic rings. The van der Waals surface area contributed by atoms with E-state index in [1.54, 1.807) is 16.8 Å². The number of hydrogen-bond donors (Lipinski definition) is 0. The summed E-state index contributed by atoms with van der Waals surface area (Å²) in [5.41, 5.74) is 0.894. The predicted octanol–water partition coefficient (Wildman–Crippen LogP) is 2.49. The average molecular weight is 386 g/mol. The predicted molar refractivity (Wildman–Crippen MR) is 103 cm³/mol. The normalized spacial score (nSPS) is 15.4. The van der Waals surface area contributed by atoms with Crippen LogP contribution in [0.3, 0.4) is 0 Å². The lowest BCUT2D eigenvalue weighted by Crippen LogP contribution is -2.41. The fourth-order valence-electron chi connectivity index (χ4n) is 3.36. The van der Waals surface area contributed by atoms with E-state index >= 15 is 0 Å². The van der Waals surface area contributed by atoms with E-state index in [9.17, 15) is 9.59 Å². The first-order chi connectivity index (χ1) is 13.0. The summed E-state index contributed by atoms with van der Waals surface area (Å²) in [4.78, 5) is 31.5. The summed E-state index contributed by atoms with van der Waals surface area (Å²) in [6.45, 7) is 3.69. The van der Waals surface area contributed by atoms with Crippen molar-refractivity contribution in [2.45, 2.75) is 26.3 Å². The maximum Gasteiger partial charge on any atom is 0.264 e. The van der Waals surface area contributed by atoms with Crippen molar-refractivity contribution in [2.24, 2.45) is 5.92 Å². The fourth-order valence-corrected chi connectivity index (χ4v) is 3.55. The molecule has 0 aliphatic carbocycles. The van der Waals surface area contributed by atoms with Gasteiger partial charge in [0.25, 0.3) is 5.56 Å². The quantitative estimate of drug-likeness (QED) is 0.694. The summed E-state index contributed by atoms with van der Waals surface area (Å²) in [7, 11) is 0. The molecule has 0 unspecified atom stereocenters. The second kappa shape index (κ2) is 7.15. The second-order valence-electron chi connectivity index (χ2n) is 7.01. The number of carbonyl (C=O) groups excluding carboxylic acids is 1.